The largest absolute Gasteiger partial charge is 0.494 e. The SMILES string of the molecule is COc1ccc(CC(=O)N2CCN(C)C(=O)[C@@H]2Cc2cccc(-c3ccncc3)c2)cc1F. The van der Waals surface area contributed by atoms with E-state index in [0.717, 1.165) is 16.7 Å². The molecule has 1 fully saturated rings. The molecule has 1 saturated heterocycles. The number of piperazine rings is 1. The second kappa shape index (κ2) is 9.81. The number of hydrogen-bond donors (Lipinski definition) is 0. The second-order valence-corrected chi connectivity index (χ2v) is 8.15. The average Bonchev–Trinajstić information content (AvgIpc) is 2.83. The number of pyridine rings is 1. The topological polar surface area (TPSA) is 62.7 Å². The van der Waals surface area contributed by atoms with E-state index in [0.29, 0.717) is 25.1 Å². The third-order valence-electron chi connectivity index (χ3n) is 5.98. The van der Waals surface area contributed by atoms with E-state index < -0.39 is 11.9 Å². The fourth-order valence-corrected chi connectivity index (χ4v) is 4.15. The molecule has 1 atom stereocenters. The first-order chi connectivity index (χ1) is 16.0. The summed E-state index contributed by atoms with van der Waals surface area (Å²) < 4.78 is 19.0. The van der Waals surface area contributed by atoms with E-state index >= 15 is 0 Å². The molecule has 4 rings (SSSR count). The number of benzene rings is 2. The summed E-state index contributed by atoms with van der Waals surface area (Å²) in [7, 11) is 3.15. The molecule has 170 valence electrons. The molecule has 3 aromatic rings. The van der Waals surface area contributed by atoms with Gasteiger partial charge in [0.15, 0.2) is 11.6 Å². The molecule has 0 spiro atoms. The summed E-state index contributed by atoms with van der Waals surface area (Å²) in [6, 6.07) is 15.7. The molecule has 0 saturated carbocycles. The maximum absolute atomic E-state index is 14.1. The summed E-state index contributed by atoms with van der Waals surface area (Å²) in [5.41, 5.74) is 3.57. The van der Waals surface area contributed by atoms with Crippen molar-refractivity contribution in [1.82, 2.24) is 14.8 Å². The predicted octanol–water partition coefficient (Wildman–Crippen LogP) is 3.35. The van der Waals surface area contributed by atoms with Gasteiger partial charge in [0.2, 0.25) is 11.8 Å². The zero-order valence-corrected chi connectivity index (χ0v) is 18.7. The number of rotatable bonds is 6. The summed E-state index contributed by atoms with van der Waals surface area (Å²) in [5, 5.41) is 0. The fourth-order valence-electron chi connectivity index (χ4n) is 4.15. The maximum Gasteiger partial charge on any atom is 0.245 e. The van der Waals surface area contributed by atoms with Gasteiger partial charge in [0, 0.05) is 39.0 Å². The van der Waals surface area contributed by atoms with E-state index in [1.54, 1.807) is 35.3 Å². The Kier molecular flexibility index (Phi) is 6.68. The van der Waals surface area contributed by atoms with Crippen molar-refractivity contribution >= 4 is 11.8 Å². The van der Waals surface area contributed by atoms with Gasteiger partial charge in [-0.2, -0.15) is 0 Å². The van der Waals surface area contributed by atoms with Crippen LogP contribution in [0.2, 0.25) is 0 Å². The van der Waals surface area contributed by atoms with E-state index in [2.05, 4.69) is 4.98 Å². The summed E-state index contributed by atoms with van der Waals surface area (Å²) in [6.45, 7) is 0.906. The van der Waals surface area contributed by atoms with Crippen LogP contribution >= 0.6 is 0 Å². The molecule has 0 N–H and O–H groups in total. The molecule has 7 heteroatoms. The van der Waals surface area contributed by atoms with Crippen LogP contribution in [0.3, 0.4) is 0 Å². The Hall–Kier alpha value is -3.74. The Labute approximate surface area is 192 Å². The Morgan fingerprint density at radius 3 is 2.58 bits per heavy atom. The first-order valence-electron chi connectivity index (χ1n) is 10.8. The Bertz CT molecular complexity index is 1150. The van der Waals surface area contributed by atoms with Crippen LogP contribution in [-0.4, -0.2) is 59.9 Å². The van der Waals surface area contributed by atoms with Crippen molar-refractivity contribution in [1.29, 1.82) is 0 Å². The molecule has 1 aliphatic rings. The standard InChI is InChI=1S/C26H26FN3O3/c1-29-12-13-30(25(31)17-19-6-7-24(33-2)22(27)15-19)23(26(29)32)16-18-4-3-5-21(14-18)20-8-10-28-11-9-20/h3-11,14-15,23H,12-13,16-17H2,1-2H3/t23-/m0/s1. The van der Waals surface area contributed by atoms with Gasteiger partial charge >= 0.3 is 0 Å². The molecule has 0 bridgehead atoms. The molecule has 2 heterocycles. The van der Waals surface area contributed by atoms with Crippen molar-refractivity contribution in [3.63, 3.8) is 0 Å². The number of ether oxygens (including phenoxy) is 1. The van der Waals surface area contributed by atoms with Gasteiger partial charge in [0.25, 0.3) is 0 Å². The van der Waals surface area contributed by atoms with Crippen LogP contribution < -0.4 is 4.74 Å². The molecule has 1 aliphatic heterocycles. The minimum Gasteiger partial charge on any atom is -0.494 e. The quantitative estimate of drug-likeness (QED) is 0.582. The van der Waals surface area contributed by atoms with Gasteiger partial charge in [-0.05, 0) is 46.5 Å². The molecular weight excluding hydrogens is 421 g/mol. The fraction of sp³-hybridized carbons (Fsp3) is 0.269. The van der Waals surface area contributed by atoms with Crippen LogP contribution in [0.15, 0.2) is 67.0 Å². The molecule has 6 nitrogen and oxygen atoms in total. The highest BCUT2D eigenvalue weighted by Crippen LogP contribution is 2.24. The van der Waals surface area contributed by atoms with E-state index in [9.17, 15) is 14.0 Å². The van der Waals surface area contributed by atoms with Crippen molar-refractivity contribution < 1.29 is 18.7 Å². The molecule has 1 aromatic heterocycles. The van der Waals surface area contributed by atoms with Gasteiger partial charge in [0.1, 0.15) is 6.04 Å². The molecule has 0 unspecified atom stereocenters. The van der Waals surface area contributed by atoms with E-state index in [1.165, 1.54) is 19.2 Å². The van der Waals surface area contributed by atoms with Gasteiger partial charge in [-0.15, -0.1) is 0 Å². The first-order valence-corrected chi connectivity index (χ1v) is 10.8. The average molecular weight is 448 g/mol. The number of carbonyl (C=O) groups excluding carboxylic acids is 2. The van der Waals surface area contributed by atoms with Crippen molar-refractivity contribution in [3.8, 4) is 16.9 Å². The normalized spacial score (nSPS) is 16.1. The van der Waals surface area contributed by atoms with Gasteiger partial charge in [-0.1, -0.05) is 30.3 Å². The van der Waals surface area contributed by atoms with Crippen LogP contribution in [0.25, 0.3) is 11.1 Å². The highest BCUT2D eigenvalue weighted by atomic mass is 19.1. The Balaban J connectivity index is 1.55. The van der Waals surface area contributed by atoms with E-state index in [4.69, 9.17) is 4.74 Å². The monoisotopic (exact) mass is 447 g/mol. The van der Waals surface area contributed by atoms with E-state index in [-0.39, 0.29) is 24.0 Å². The van der Waals surface area contributed by atoms with Gasteiger partial charge < -0.3 is 14.5 Å². The number of halogens is 1. The molecule has 2 amide bonds. The van der Waals surface area contributed by atoms with Crippen LogP contribution in [-0.2, 0) is 22.4 Å². The van der Waals surface area contributed by atoms with Gasteiger partial charge in [-0.25, -0.2) is 4.39 Å². The zero-order chi connectivity index (χ0) is 23.4. The first kappa shape index (κ1) is 22.5. The highest BCUT2D eigenvalue weighted by molar-refractivity contribution is 5.89. The zero-order valence-electron chi connectivity index (χ0n) is 18.7. The minimum absolute atomic E-state index is 0.0193. The Morgan fingerprint density at radius 1 is 1.06 bits per heavy atom. The lowest BCUT2D eigenvalue weighted by atomic mass is 9.97. The molecule has 0 aliphatic carbocycles. The smallest absolute Gasteiger partial charge is 0.245 e. The third-order valence-corrected chi connectivity index (χ3v) is 5.98. The molecular formula is C26H26FN3O3. The number of methoxy groups -OCH3 is 1. The summed E-state index contributed by atoms with van der Waals surface area (Å²) >= 11 is 0. The van der Waals surface area contributed by atoms with Crippen molar-refractivity contribution in [3.05, 3.63) is 83.9 Å². The lowest BCUT2D eigenvalue weighted by Crippen LogP contribution is -2.58. The van der Waals surface area contributed by atoms with Gasteiger partial charge in [-0.3, -0.25) is 14.6 Å². The minimum atomic E-state index is -0.605. The number of aromatic nitrogens is 1. The second-order valence-electron chi connectivity index (χ2n) is 8.15. The van der Waals surface area contributed by atoms with Gasteiger partial charge in [0.05, 0.1) is 13.5 Å². The highest BCUT2D eigenvalue weighted by Gasteiger charge is 2.35. The van der Waals surface area contributed by atoms with Crippen molar-refractivity contribution in [2.45, 2.75) is 18.9 Å². The molecule has 0 radical (unpaired) electrons. The maximum atomic E-state index is 14.1. The number of likely N-dealkylation sites (N-methyl/N-ethyl adjacent to an activating group) is 1. The predicted molar refractivity (Wildman–Crippen MR) is 123 cm³/mol. The van der Waals surface area contributed by atoms with Crippen LogP contribution in [0.1, 0.15) is 11.1 Å². The van der Waals surface area contributed by atoms with Crippen molar-refractivity contribution in [2.75, 3.05) is 27.2 Å². The lowest BCUT2D eigenvalue weighted by Gasteiger charge is -2.39. The summed E-state index contributed by atoms with van der Waals surface area (Å²) in [4.78, 5) is 33.6. The number of amides is 2. The lowest BCUT2D eigenvalue weighted by molar-refractivity contribution is -0.149. The summed E-state index contributed by atoms with van der Waals surface area (Å²) in [6.07, 6.45) is 3.91. The van der Waals surface area contributed by atoms with E-state index in [1.807, 2.05) is 36.4 Å². The number of nitrogens with zero attached hydrogens (tertiary/aromatic N) is 3. The number of carbonyl (C=O) groups is 2. The Morgan fingerprint density at radius 2 is 1.85 bits per heavy atom. The molecule has 2 aromatic carbocycles. The van der Waals surface area contributed by atoms with Crippen LogP contribution in [0, 0.1) is 5.82 Å². The van der Waals surface area contributed by atoms with Crippen LogP contribution in [0.5, 0.6) is 5.75 Å². The molecule has 33 heavy (non-hydrogen) atoms. The van der Waals surface area contributed by atoms with Crippen LogP contribution in [0.4, 0.5) is 4.39 Å². The van der Waals surface area contributed by atoms with Crippen molar-refractivity contribution in [2.24, 2.45) is 0 Å². The summed E-state index contributed by atoms with van der Waals surface area (Å²) in [5.74, 6) is -0.671. The third kappa shape index (κ3) is 5.03. The number of hydrogen-bond acceptors (Lipinski definition) is 4.